The molecule has 0 spiro atoms. The molecule has 1 heterocycles. The molecule has 1 unspecified atom stereocenters. The van der Waals surface area contributed by atoms with E-state index in [1.807, 2.05) is 32.2 Å². The molecule has 0 saturated heterocycles. The highest BCUT2D eigenvalue weighted by Gasteiger charge is 2.13. The maximum atomic E-state index is 12.1. The highest BCUT2D eigenvalue weighted by atomic mass is 16.2. The molecule has 4 heteroatoms. The zero-order chi connectivity index (χ0) is 14.5. The molecule has 0 aliphatic carbocycles. The lowest BCUT2D eigenvalue weighted by molar-refractivity contribution is 0.0930. The van der Waals surface area contributed by atoms with Crippen LogP contribution in [-0.4, -0.2) is 16.5 Å². The predicted molar refractivity (Wildman–Crippen MR) is 81.5 cm³/mol. The SMILES string of the molecule is CC(CCc1ccccc1)NC(=O)c1cc(N)cn1C. The number of carbonyl (C=O) groups is 1. The maximum absolute atomic E-state index is 12.1. The van der Waals surface area contributed by atoms with Crippen LogP contribution >= 0.6 is 0 Å². The fourth-order valence-corrected chi connectivity index (χ4v) is 2.21. The number of anilines is 1. The Kier molecular flexibility index (Phi) is 4.45. The van der Waals surface area contributed by atoms with Gasteiger partial charge in [0.05, 0.1) is 5.69 Å². The quantitative estimate of drug-likeness (QED) is 0.877. The number of carbonyl (C=O) groups excluding carboxylic acids is 1. The number of nitrogens with zero attached hydrogens (tertiary/aromatic N) is 1. The molecule has 2 rings (SSSR count). The van der Waals surface area contributed by atoms with Crippen LogP contribution in [0.5, 0.6) is 0 Å². The second-order valence-electron chi connectivity index (χ2n) is 5.17. The van der Waals surface area contributed by atoms with Crippen molar-refractivity contribution in [1.29, 1.82) is 0 Å². The summed E-state index contributed by atoms with van der Waals surface area (Å²) < 4.78 is 1.74. The molecule has 0 bridgehead atoms. The van der Waals surface area contributed by atoms with Gasteiger partial charge in [-0.2, -0.15) is 0 Å². The van der Waals surface area contributed by atoms with Gasteiger partial charge in [0.2, 0.25) is 0 Å². The van der Waals surface area contributed by atoms with E-state index in [2.05, 4.69) is 17.4 Å². The Bertz CT molecular complexity index is 575. The highest BCUT2D eigenvalue weighted by Crippen LogP contribution is 2.10. The number of amides is 1. The van der Waals surface area contributed by atoms with Gasteiger partial charge >= 0.3 is 0 Å². The minimum atomic E-state index is -0.0789. The first-order chi connectivity index (χ1) is 9.56. The van der Waals surface area contributed by atoms with Gasteiger partial charge in [0.15, 0.2) is 0 Å². The van der Waals surface area contributed by atoms with E-state index in [1.54, 1.807) is 16.8 Å². The minimum absolute atomic E-state index is 0.0789. The van der Waals surface area contributed by atoms with Gasteiger partial charge in [-0.05, 0) is 31.4 Å². The van der Waals surface area contributed by atoms with Crippen LogP contribution in [-0.2, 0) is 13.5 Å². The molecular formula is C16H21N3O. The van der Waals surface area contributed by atoms with Gasteiger partial charge < -0.3 is 15.6 Å². The standard InChI is InChI=1S/C16H21N3O/c1-12(8-9-13-6-4-3-5-7-13)18-16(20)15-10-14(17)11-19(15)2/h3-7,10-12H,8-9,17H2,1-2H3,(H,18,20). The van der Waals surface area contributed by atoms with E-state index in [0.717, 1.165) is 12.8 Å². The number of aryl methyl sites for hydroxylation is 2. The summed E-state index contributed by atoms with van der Waals surface area (Å²) in [5.74, 6) is -0.0789. The van der Waals surface area contributed by atoms with Gasteiger partial charge in [-0.15, -0.1) is 0 Å². The molecule has 0 saturated carbocycles. The van der Waals surface area contributed by atoms with Crippen LogP contribution in [0.25, 0.3) is 0 Å². The first-order valence-electron chi connectivity index (χ1n) is 6.83. The molecule has 1 amide bonds. The summed E-state index contributed by atoms with van der Waals surface area (Å²) in [4.78, 5) is 12.1. The fraction of sp³-hybridized carbons (Fsp3) is 0.312. The molecule has 1 aromatic heterocycles. The van der Waals surface area contributed by atoms with E-state index in [0.29, 0.717) is 11.4 Å². The van der Waals surface area contributed by atoms with E-state index >= 15 is 0 Å². The number of rotatable bonds is 5. The minimum Gasteiger partial charge on any atom is -0.397 e. The van der Waals surface area contributed by atoms with Crippen LogP contribution in [0.4, 0.5) is 5.69 Å². The summed E-state index contributed by atoms with van der Waals surface area (Å²) in [5.41, 5.74) is 8.17. The molecule has 0 fully saturated rings. The topological polar surface area (TPSA) is 60.1 Å². The van der Waals surface area contributed by atoms with E-state index in [1.165, 1.54) is 5.56 Å². The Morgan fingerprint density at radius 2 is 2.05 bits per heavy atom. The third kappa shape index (κ3) is 3.63. The molecule has 106 valence electrons. The lowest BCUT2D eigenvalue weighted by Gasteiger charge is -2.14. The average Bonchev–Trinajstić information content (AvgIpc) is 2.77. The predicted octanol–water partition coefficient (Wildman–Crippen LogP) is 2.36. The Balaban J connectivity index is 1.87. The summed E-state index contributed by atoms with van der Waals surface area (Å²) in [7, 11) is 1.82. The number of hydrogen-bond acceptors (Lipinski definition) is 2. The van der Waals surface area contributed by atoms with Crippen molar-refractivity contribution in [3.8, 4) is 0 Å². The van der Waals surface area contributed by atoms with Crippen LogP contribution in [0, 0.1) is 0 Å². The monoisotopic (exact) mass is 271 g/mol. The van der Waals surface area contributed by atoms with Crippen molar-refractivity contribution in [2.45, 2.75) is 25.8 Å². The number of hydrogen-bond donors (Lipinski definition) is 2. The molecular weight excluding hydrogens is 250 g/mol. The van der Waals surface area contributed by atoms with Crippen LogP contribution in [0.1, 0.15) is 29.4 Å². The van der Waals surface area contributed by atoms with Gasteiger partial charge in [-0.25, -0.2) is 0 Å². The van der Waals surface area contributed by atoms with Crippen molar-refractivity contribution in [2.24, 2.45) is 7.05 Å². The Morgan fingerprint density at radius 3 is 2.65 bits per heavy atom. The number of aromatic nitrogens is 1. The molecule has 3 N–H and O–H groups in total. The first-order valence-corrected chi connectivity index (χ1v) is 6.83. The van der Waals surface area contributed by atoms with E-state index in [9.17, 15) is 4.79 Å². The zero-order valence-corrected chi connectivity index (χ0v) is 12.0. The third-order valence-corrected chi connectivity index (χ3v) is 3.35. The normalized spacial score (nSPS) is 12.1. The summed E-state index contributed by atoms with van der Waals surface area (Å²) in [6.45, 7) is 2.02. The molecule has 20 heavy (non-hydrogen) atoms. The van der Waals surface area contributed by atoms with Gasteiger partial charge in [-0.1, -0.05) is 30.3 Å². The van der Waals surface area contributed by atoms with Crippen LogP contribution in [0.15, 0.2) is 42.6 Å². The molecule has 4 nitrogen and oxygen atoms in total. The molecule has 0 radical (unpaired) electrons. The summed E-state index contributed by atoms with van der Waals surface area (Å²) in [6.07, 6.45) is 3.61. The highest BCUT2D eigenvalue weighted by molar-refractivity contribution is 5.93. The van der Waals surface area contributed by atoms with Gasteiger partial charge in [0.1, 0.15) is 5.69 Å². The van der Waals surface area contributed by atoms with E-state index in [4.69, 9.17) is 5.73 Å². The van der Waals surface area contributed by atoms with Gasteiger partial charge in [-0.3, -0.25) is 4.79 Å². The Labute approximate surface area is 119 Å². The van der Waals surface area contributed by atoms with Crippen molar-refractivity contribution in [2.75, 3.05) is 5.73 Å². The second kappa shape index (κ2) is 6.28. The summed E-state index contributed by atoms with van der Waals surface area (Å²) >= 11 is 0. The Hall–Kier alpha value is -2.23. The molecule has 2 aromatic rings. The molecule has 1 atom stereocenters. The largest absolute Gasteiger partial charge is 0.397 e. The maximum Gasteiger partial charge on any atom is 0.268 e. The number of nitrogens with one attached hydrogen (secondary N) is 1. The Morgan fingerprint density at radius 1 is 1.35 bits per heavy atom. The average molecular weight is 271 g/mol. The number of nitrogen functional groups attached to an aromatic ring is 1. The van der Waals surface area contributed by atoms with Gasteiger partial charge in [0.25, 0.3) is 5.91 Å². The summed E-state index contributed by atoms with van der Waals surface area (Å²) in [6, 6.07) is 12.1. The smallest absolute Gasteiger partial charge is 0.268 e. The third-order valence-electron chi connectivity index (χ3n) is 3.35. The van der Waals surface area contributed by atoms with Crippen molar-refractivity contribution in [3.05, 3.63) is 53.9 Å². The number of nitrogens with two attached hydrogens (primary N) is 1. The molecule has 0 aliphatic rings. The van der Waals surface area contributed by atoms with Crippen LogP contribution in [0.3, 0.4) is 0 Å². The fourth-order valence-electron chi connectivity index (χ4n) is 2.21. The van der Waals surface area contributed by atoms with Crippen LogP contribution < -0.4 is 11.1 Å². The van der Waals surface area contributed by atoms with Crippen LogP contribution in [0.2, 0.25) is 0 Å². The molecule has 1 aromatic carbocycles. The summed E-state index contributed by atoms with van der Waals surface area (Å²) in [5, 5.41) is 3.01. The van der Waals surface area contributed by atoms with E-state index < -0.39 is 0 Å². The lowest BCUT2D eigenvalue weighted by Crippen LogP contribution is -2.33. The molecule has 0 aliphatic heterocycles. The second-order valence-corrected chi connectivity index (χ2v) is 5.17. The number of benzene rings is 1. The van der Waals surface area contributed by atoms with Crippen molar-refractivity contribution in [1.82, 2.24) is 9.88 Å². The van der Waals surface area contributed by atoms with Crippen molar-refractivity contribution < 1.29 is 4.79 Å². The van der Waals surface area contributed by atoms with E-state index in [-0.39, 0.29) is 11.9 Å². The van der Waals surface area contributed by atoms with Crippen molar-refractivity contribution >= 4 is 11.6 Å². The van der Waals surface area contributed by atoms with Gasteiger partial charge in [0, 0.05) is 19.3 Å². The lowest BCUT2D eigenvalue weighted by atomic mass is 10.1. The van der Waals surface area contributed by atoms with Crippen molar-refractivity contribution in [3.63, 3.8) is 0 Å². The first kappa shape index (κ1) is 14.2. The zero-order valence-electron chi connectivity index (χ0n) is 12.0.